The van der Waals surface area contributed by atoms with Crippen LogP contribution in [0.25, 0.3) is 0 Å². The molecule has 142 valence electrons. The van der Waals surface area contributed by atoms with E-state index in [1.54, 1.807) is 0 Å². The van der Waals surface area contributed by atoms with Crippen LogP contribution in [0, 0.1) is 22.7 Å². The van der Waals surface area contributed by atoms with Gasteiger partial charge in [0.05, 0.1) is 5.60 Å². The molecule has 0 spiro atoms. The second kappa shape index (κ2) is 5.84. The van der Waals surface area contributed by atoms with E-state index in [1.807, 2.05) is 13.0 Å². The van der Waals surface area contributed by atoms with Gasteiger partial charge in [-0.25, -0.2) is 0 Å². The fourth-order valence-electron chi connectivity index (χ4n) is 6.80. The normalized spacial score (nSPS) is 48.8. The van der Waals surface area contributed by atoms with Gasteiger partial charge in [0.15, 0.2) is 0 Å². The van der Waals surface area contributed by atoms with Crippen molar-refractivity contribution in [2.75, 3.05) is 0 Å². The van der Waals surface area contributed by atoms with E-state index in [9.17, 15) is 4.79 Å². The first-order valence-electron chi connectivity index (χ1n) is 9.98. The molecule has 2 saturated carbocycles. The zero-order chi connectivity index (χ0) is 18.7. The SMILES string of the molecule is C=C[C@]1(C)O[C@@]2(C)CC[C@@H]3C(C)(C)CCC[C@@]3(C)[C@@H]2C[C@@H]1OC(C)=O. The highest BCUT2D eigenvalue weighted by Crippen LogP contribution is 2.65. The van der Waals surface area contributed by atoms with Gasteiger partial charge in [-0.05, 0) is 68.6 Å². The van der Waals surface area contributed by atoms with Crippen LogP contribution in [0.15, 0.2) is 12.7 Å². The molecule has 2 aliphatic carbocycles. The molecule has 0 aromatic heterocycles. The monoisotopic (exact) mass is 348 g/mol. The lowest BCUT2D eigenvalue weighted by Gasteiger charge is -2.66. The van der Waals surface area contributed by atoms with Crippen molar-refractivity contribution in [3.05, 3.63) is 12.7 Å². The van der Waals surface area contributed by atoms with Crippen molar-refractivity contribution in [3.63, 3.8) is 0 Å². The Morgan fingerprint density at radius 3 is 2.40 bits per heavy atom. The van der Waals surface area contributed by atoms with E-state index in [1.165, 1.54) is 32.6 Å². The molecule has 0 aromatic rings. The first-order chi connectivity index (χ1) is 11.5. The molecular formula is C22H36O3. The van der Waals surface area contributed by atoms with Crippen LogP contribution in [0.1, 0.15) is 80.1 Å². The summed E-state index contributed by atoms with van der Waals surface area (Å²) in [5.41, 5.74) is -0.150. The van der Waals surface area contributed by atoms with Crippen LogP contribution < -0.4 is 0 Å². The number of carbonyl (C=O) groups is 1. The predicted octanol–water partition coefficient (Wildman–Crippen LogP) is 5.28. The maximum atomic E-state index is 11.7. The lowest BCUT2D eigenvalue weighted by atomic mass is 9.44. The Bertz CT molecular complexity index is 568. The van der Waals surface area contributed by atoms with E-state index < -0.39 is 5.60 Å². The third-order valence-corrected chi connectivity index (χ3v) is 7.99. The van der Waals surface area contributed by atoms with Crippen molar-refractivity contribution in [2.24, 2.45) is 22.7 Å². The van der Waals surface area contributed by atoms with Crippen LogP contribution in [0.2, 0.25) is 0 Å². The summed E-state index contributed by atoms with van der Waals surface area (Å²) in [5, 5.41) is 0. The second-order valence-electron chi connectivity index (χ2n) is 10.1. The van der Waals surface area contributed by atoms with Crippen LogP contribution in [0.5, 0.6) is 0 Å². The molecule has 0 aromatic carbocycles. The first-order valence-corrected chi connectivity index (χ1v) is 9.98. The Balaban J connectivity index is 1.99. The first kappa shape index (κ1) is 18.9. The number of ether oxygens (including phenoxy) is 2. The van der Waals surface area contributed by atoms with Crippen LogP contribution >= 0.6 is 0 Å². The van der Waals surface area contributed by atoms with Crippen molar-refractivity contribution < 1.29 is 14.3 Å². The quantitative estimate of drug-likeness (QED) is 0.503. The zero-order valence-electron chi connectivity index (χ0n) is 17.0. The number of esters is 1. The van der Waals surface area contributed by atoms with E-state index in [-0.39, 0.29) is 23.1 Å². The lowest BCUT2D eigenvalue weighted by molar-refractivity contribution is -0.284. The molecule has 1 aliphatic heterocycles. The highest BCUT2D eigenvalue weighted by atomic mass is 16.6. The summed E-state index contributed by atoms with van der Waals surface area (Å²) in [7, 11) is 0. The Hall–Kier alpha value is -0.830. The lowest BCUT2D eigenvalue weighted by Crippen LogP contribution is -2.66. The number of hydrogen-bond acceptors (Lipinski definition) is 3. The van der Waals surface area contributed by atoms with Gasteiger partial charge in [-0.15, -0.1) is 6.58 Å². The molecule has 25 heavy (non-hydrogen) atoms. The van der Waals surface area contributed by atoms with Gasteiger partial charge < -0.3 is 9.47 Å². The van der Waals surface area contributed by atoms with Gasteiger partial charge in [-0.1, -0.05) is 33.3 Å². The zero-order valence-corrected chi connectivity index (χ0v) is 17.0. The van der Waals surface area contributed by atoms with Crippen molar-refractivity contribution >= 4 is 5.97 Å². The Labute approximate surface area is 153 Å². The number of hydrogen-bond donors (Lipinski definition) is 0. The van der Waals surface area contributed by atoms with Gasteiger partial charge in [0, 0.05) is 6.92 Å². The average molecular weight is 349 g/mol. The maximum absolute atomic E-state index is 11.7. The summed E-state index contributed by atoms with van der Waals surface area (Å²) in [4.78, 5) is 11.7. The molecule has 0 N–H and O–H groups in total. The van der Waals surface area contributed by atoms with E-state index in [0.29, 0.717) is 17.3 Å². The standard InChI is InChI=1S/C22H36O3/c1-8-21(6)18(24-15(2)23)14-17-20(5)12-9-11-19(3,4)16(20)10-13-22(17,7)25-21/h8,16-18H,1,9-14H2,2-7H3/t16-,17+,18+,20-,21+,22+/m1/s1. The summed E-state index contributed by atoms with van der Waals surface area (Å²) in [6, 6.07) is 0. The third kappa shape index (κ3) is 2.87. The summed E-state index contributed by atoms with van der Waals surface area (Å²) >= 11 is 0. The molecule has 3 fully saturated rings. The Kier molecular flexibility index (Phi) is 4.42. The highest BCUT2D eigenvalue weighted by molar-refractivity contribution is 5.66. The summed E-state index contributed by atoms with van der Waals surface area (Å²) < 4.78 is 12.4. The molecule has 6 atom stereocenters. The highest BCUT2D eigenvalue weighted by Gasteiger charge is 2.63. The summed E-state index contributed by atoms with van der Waals surface area (Å²) in [6.07, 6.45) is 8.62. The van der Waals surface area contributed by atoms with Crippen molar-refractivity contribution in [3.8, 4) is 0 Å². The van der Waals surface area contributed by atoms with Crippen molar-refractivity contribution in [1.82, 2.24) is 0 Å². The summed E-state index contributed by atoms with van der Waals surface area (Å²) in [6.45, 7) is 17.2. The third-order valence-electron chi connectivity index (χ3n) is 7.99. The smallest absolute Gasteiger partial charge is 0.303 e. The maximum Gasteiger partial charge on any atom is 0.303 e. The molecule has 3 heteroatoms. The predicted molar refractivity (Wildman–Crippen MR) is 100 cm³/mol. The number of fused-ring (bicyclic) bond motifs is 3. The minimum atomic E-state index is -0.607. The minimum absolute atomic E-state index is 0.168. The molecule has 0 amide bonds. The average Bonchev–Trinajstić information content (AvgIpc) is 2.47. The molecule has 0 radical (unpaired) electrons. The second-order valence-corrected chi connectivity index (χ2v) is 10.1. The van der Waals surface area contributed by atoms with Crippen molar-refractivity contribution in [2.45, 2.75) is 97.4 Å². The molecule has 3 nitrogen and oxygen atoms in total. The molecule has 3 aliphatic rings. The molecule has 0 bridgehead atoms. The van der Waals surface area contributed by atoms with Gasteiger partial charge in [0.25, 0.3) is 0 Å². The van der Waals surface area contributed by atoms with Gasteiger partial charge in [0.1, 0.15) is 11.7 Å². The van der Waals surface area contributed by atoms with Gasteiger partial charge in [-0.2, -0.15) is 0 Å². The molecule has 0 unspecified atom stereocenters. The molecular weight excluding hydrogens is 312 g/mol. The largest absolute Gasteiger partial charge is 0.459 e. The van der Waals surface area contributed by atoms with Crippen LogP contribution in [0.4, 0.5) is 0 Å². The fraction of sp³-hybridized carbons (Fsp3) is 0.864. The van der Waals surface area contributed by atoms with E-state index in [2.05, 4.69) is 34.3 Å². The van der Waals surface area contributed by atoms with E-state index >= 15 is 0 Å². The van der Waals surface area contributed by atoms with Crippen molar-refractivity contribution in [1.29, 1.82) is 0 Å². The van der Waals surface area contributed by atoms with Crippen LogP contribution in [-0.2, 0) is 14.3 Å². The molecule has 3 rings (SSSR count). The molecule has 1 heterocycles. The topological polar surface area (TPSA) is 35.5 Å². The van der Waals surface area contributed by atoms with Crippen LogP contribution in [0.3, 0.4) is 0 Å². The Morgan fingerprint density at radius 2 is 1.80 bits per heavy atom. The number of rotatable bonds is 2. The fourth-order valence-corrected chi connectivity index (χ4v) is 6.80. The van der Waals surface area contributed by atoms with Crippen LogP contribution in [-0.4, -0.2) is 23.3 Å². The van der Waals surface area contributed by atoms with E-state index in [0.717, 1.165) is 12.8 Å². The minimum Gasteiger partial charge on any atom is -0.459 e. The van der Waals surface area contributed by atoms with Gasteiger partial charge in [-0.3, -0.25) is 4.79 Å². The molecule has 1 saturated heterocycles. The van der Waals surface area contributed by atoms with E-state index in [4.69, 9.17) is 9.47 Å². The van der Waals surface area contributed by atoms with Gasteiger partial charge in [0.2, 0.25) is 0 Å². The number of carbonyl (C=O) groups excluding carboxylic acids is 1. The Morgan fingerprint density at radius 1 is 1.12 bits per heavy atom. The van der Waals surface area contributed by atoms with Gasteiger partial charge >= 0.3 is 5.97 Å². The summed E-state index contributed by atoms with van der Waals surface area (Å²) in [5.74, 6) is 0.893.